The second kappa shape index (κ2) is 8.08. The summed E-state index contributed by atoms with van der Waals surface area (Å²) in [5.41, 5.74) is 5.29. The molecule has 1 aliphatic carbocycles. The second-order valence-electron chi connectivity index (χ2n) is 6.69. The summed E-state index contributed by atoms with van der Waals surface area (Å²) in [5.74, 6) is 0.0298. The van der Waals surface area contributed by atoms with Crippen LogP contribution in [0.1, 0.15) is 59.8 Å². The summed E-state index contributed by atoms with van der Waals surface area (Å²) >= 11 is 5.20. The molecule has 1 aliphatic rings. The Hall–Kier alpha value is -0.680. The topological polar surface area (TPSA) is 58.4 Å². The maximum Gasteiger partial charge on any atom is 0.233 e. The molecule has 0 atom stereocenters. The van der Waals surface area contributed by atoms with E-state index in [-0.39, 0.29) is 5.91 Å². The molecule has 4 nitrogen and oxygen atoms in total. The van der Waals surface area contributed by atoms with Crippen LogP contribution in [0.15, 0.2) is 0 Å². The van der Waals surface area contributed by atoms with Crippen LogP contribution in [0.4, 0.5) is 0 Å². The van der Waals surface area contributed by atoms with E-state index < -0.39 is 5.41 Å². The maximum absolute atomic E-state index is 12.6. The Bertz CT molecular complexity index is 355. The second-order valence-corrected chi connectivity index (χ2v) is 7.13. The van der Waals surface area contributed by atoms with E-state index in [0.29, 0.717) is 23.6 Å². The molecule has 1 rings (SSSR count). The predicted molar refractivity (Wildman–Crippen MR) is 92.3 cm³/mol. The van der Waals surface area contributed by atoms with Gasteiger partial charge in [0.2, 0.25) is 5.91 Å². The van der Waals surface area contributed by atoms with Gasteiger partial charge in [0.05, 0.1) is 10.4 Å². The van der Waals surface area contributed by atoms with Gasteiger partial charge in [-0.3, -0.25) is 9.69 Å². The van der Waals surface area contributed by atoms with E-state index in [0.717, 1.165) is 32.2 Å². The van der Waals surface area contributed by atoms with Crippen molar-refractivity contribution in [1.29, 1.82) is 0 Å². The van der Waals surface area contributed by atoms with Crippen LogP contribution in [-0.4, -0.2) is 41.0 Å². The van der Waals surface area contributed by atoms with E-state index in [1.165, 1.54) is 6.42 Å². The third-order valence-electron chi connectivity index (χ3n) is 4.60. The van der Waals surface area contributed by atoms with Gasteiger partial charge < -0.3 is 11.1 Å². The molecular weight excluding hydrogens is 282 g/mol. The number of nitrogens with two attached hydrogens (primary N) is 1. The third kappa shape index (κ3) is 4.65. The van der Waals surface area contributed by atoms with Crippen LogP contribution >= 0.6 is 12.2 Å². The van der Waals surface area contributed by atoms with Gasteiger partial charge >= 0.3 is 0 Å². The van der Waals surface area contributed by atoms with Crippen LogP contribution in [0.2, 0.25) is 0 Å². The molecule has 0 radical (unpaired) electrons. The summed E-state index contributed by atoms with van der Waals surface area (Å²) in [7, 11) is 0. The van der Waals surface area contributed by atoms with Gasteiger partial charge in [-0.2, -0.15) is 0 Å². The van der Waals surface area contributed by atoms with Crippen LogP contribution in [0.5, 0.6) is 0 Å². The van der Waals surface area contributed by atoms with Crippen LogP contribution in [-0.2, 0) is 4.79 Å². The number of carbonyl (C=O) groups excluding carboxylic acids is 1. The Morgan fingerprint density at radius 1 is 1.19 bits per heavy atom. The van der Waals surface area contributed by atoms with Crippen molar-refractivity contribution in [3.8, 4) is 0 Å². The molecule has 1 fully saturated rings. The highest BCUT2D eigenvalue weighted by Gasteiger charge is 2.42. The summed E-state index contributed by atoms with van der Waals surface area (Å²) in [6.07, 6.45) is 4.84. The summed E-state index contributed by atoms with van der Waals surface area (Å²) in [6.45, 7) is 10.2. The van der Waals surface area contributed by atoms with Crippen molar-refractivity contribution in [2.24, 2.45) is 11.1 Å². The molecule has 122 valence electrons. The van der Waals surface area contributed by atoms with Crippen LogP contribution in [0.3, 0.4) is 0 Å². The van der Waals surface area contributed by atoms with E-state index in [1.807, 2.05) is 0 Å². The molecule has 0 aromatic carbocycles. The van der Waals surface area contributed by atoms with Crippen LogP contribution in [0.25, 0.3) is 0 Å². The Balaban J connectivity index is 2.57. The highest BCUT2D eigenvalue weighted by Crippen LogP contribution is 2.36. The molecule has 0 unspecified atom stereocenters. The molecule has 0 spiro atoms. The van der Waals surface area contributed by atoms with Gasteiger partial charge in [0.1, 0.15) is 0 Å². The minimum absolute atomic E-state index is 0.0298. The summed E-state index contributed by atoms with van der Waals surface area (Å²) in [6, 6.07) is 0.947. The van der Waals surface area contributed by atoms with Crippen molar-refractivity contribution in [1.82, 2.24) is 10.2 Å². The zero-order chi connectivity index (χ0) is 16.0. The minimum Gasteiger partial charge on any atom is -0.392 e. The SMILES string of the molecule is CC(C)N(CCNC(=O)C1(C(N)=S)CCCCC1)C(C)C. The molecular formula is C16H31N3OS. The van der Waals surface area contributed by atoms with E-state index in [2.05, 4.69) is 37.9 Å². The minimum atomic E-state index is -0.603. The van der Waals surface area contributed by atoms with Crippen molar-refractivity contribution < 1.29 is 4.79 Å². The molecule has 0 aromatic rings. The lowest BCUT2D eigenvalue weighted by Gasteiger charge is -2.35. The first-order valence-corrected chi connectivity index (χ1v) is 8.56. The number of nitrogens with zero attached hydrogens (tertiary/aromatic N) is 1. The molecule has 1 saturated carbocycles. The summed E-state index contributed by atoms with van der Waals surface area (Å²) in [5, 5.41) is 3.07. The van der Waals surface area contributed by atoms with Crippen molar-refractivity contribution in [2.45, 2.75) is 71.9 Å². The van der Waals surface area contributed by atoms with Crippen LogP contribution < -0.4 is 11.1 Å². The highest BCUT2D eigenvalue weighted by molar-refractivity contribution is 7.80. The fraction of sp³-hybridized carbons (Fsp3) is 0.875. The van der Waals surface area contributed by atoms with Gasteiger partial charge in [-0.25, -0.2) is 0 Å². The molecule has 0 saturated heterocycles. The van der Waals surface area contributed by atoms with Crippen LogP contribution in [0, 0.1) is 5.41 Å². The van der Waals surface area contributed by atoms with Gasteiger partial charge in [0.15, 0.2) is 0 Å². The lowest BCUT2D eigenvalue weighted by Crippen LogP contribution is -2.51. The van der Waals surface area contributed by atoms with Crippen molar-refractivity contribution in [3.63, 3.8) is 0 Å². The largest absolute Gasteiger partial charge is 0.392 e. The molecule has 0 aromatic heterocycles. The maximum atomic E-state index is 12.6. The monoisotopic (exact) mass is 313 g/mol. The van der Waals surface area contributed by atoms with Gasteiger partial charge in [-0.15, -0.1) is 0 Å². The summed E-state index contributed by atoms with van der Waals surface area (Å²) in [4.78, 5) is 15.3. The Morgan fingerprint density at radius 2 is 1.71 bits per heavy atom. The number of rotatable bonds is 7. The molecule has 0 aliphatic heterocycles. The molecule has 0 heterocycles. The molecule has 1 amide bonds. The zero-order valence-corrected chi connectivity index (χ0v) is 14.8. The number of hydrogen-bond donors (Lipinski definition) is 2. The third-order valence-corrected chi connectivity index (χ3v) is 4.99. The lowest BCUT2D eigenvalue weighted by molar-refractivity contribution is -0.128. The number of carbonyl (C=O) groups is 1. The molecule has 5 heteroatoms. The van der Waals surface area contributed by atoms with Gasteiger partial charge in [0, 0.05) is 25.2 Å². The fourth-order valence-corrected chi connectivity index (χ4v) is 3.62. The fourth-order valence-electron chi connectivity index (χ4n) is 3.32. The first kappa shape index (κ1) is 18.4. The molecule has 0 bridgehead atoms. The smallest absolute Gasteiger partial charge is 0.233 e. The van der Waals surface area contributed by atoms with Crippen molar-refractivity contribution in [2.75, 3.05) is 13.1 Å². The quantitative estimate of drug-likeness (QED) is 0.709. The average Bonchev–Trinajstić information content (AvgIpc) is 2.42. The lowest BCUT2D eigenvalue weighted by atomic mass is 9.73. The predicted octanol–water partition coefficient (Wildman–Crippen LogP) is 2.46. The molecule has 21 heavy (non-hydrogen) atoms. The Morgan fingerprint density at radius 3 is 2.14 bits per heavy atom. The van der Waals surface area contributed by atoms with Crippen molar-refractivity contribution >= 4 is 23.1 Å². The summed E-state index contributed by atoms with van der Waals surface area (Å²) < 4.78 is 0. The van der Waals surface area contributed by atoms with Gasteiger partial charge in [0.25, 0.3) is 0 Å². The number of nitrogens with one attached hydrogen (secondary N) is 1. The Kier molecular flexibility index (Phi) is 7.07. The zero-order valence-electron chi connectivity index (χ0n) is 13.9. The van der Waals surface area contributed by atoms with E-state index >= 15 is 0 Å². The highest BCUT2D eigenvalue weighted by atomic mass is 32.1. The van der Waals surface area contributed by atoms with E-state index in [4.69, 9.17) is 18.0 Å². The standard InChI is InChI=1S/C16H31N3OS/c1-12(2)19(13(3)4)11-10-18-15(20)16(14(17)21)8-6-5-7-9-16/h12-13H,5-11H2,1-4H3,(H2,17,21)(H,18,20). The van der Waals surface area contributed by atoms with E-state index in [9.17, 15) is 4.79 Å². The number of amides is 1. The van der Waals surface area contributed by atoms with Gasteiger partial charge in [-0.05, 0) is 40.5 Å². The van der Waals surface area contributed by atoms with E-state index in [1.54, 1.807) is 0 Å². The van der Waals surface area contributed by atoms with Crippen molar-refractivity contribution in [3.05, 3.63) is 0 Å². The molecule has 3 N–H and O–H groups in total. The number of hydrogen-bond acceptors (Lipinski definition) is 3. The van der Waals surface area contributed by atoms with Gasteiger partial charge in [-0.1, -0.05) is 31.5 Å². The normalized spacial score (nSPS) is 18.2. The average molecular weight is 314 g/mol. The first-order valence-electron chi connectivity index (χ1n) is 8.15. The Labute approximate surface area is 134 Å². The first-order chi connectivity index (χ1) is 9.81. The number of thiocarbonyl (C=S) groups is 1.